The highest BCUT2D eigenvalue weighted by molar-refractivity contribution is 6.00. The number of rotatable bonds is 12. The van der Waals surface area contributed by atoms with Gasteiger partial charge in [0.2, 0.25) is 0 Å². The summed E-state index contributed by atoms with van der Waals surface area (Å²) >= 11 is 0. The van der Waals surface area contributed by atoms with E-state index in [9.17, 15) is 29.4 Å². The Hall–Kier alpha value is -2.16. The SMILES string of the molecule is CCOC(OC(=O)C(CC)(CC)C(=O)O)OC(=O)C(CC)(CC)C(=O)O. The molecule has 0 atom stereocenters. The second-order valence-electron chi connectivity index (χ2n) is 5.74. The Labute approximate surface area is 152 Å². The second kappa shape index (κ2) is 10.1. The first kappa shape index (κ1) is 23.8. The maximum Gasteiger partial charge on any atom is 0.365 e. The molecule has 0 aromatic carbocycles. The number of aliphatic carboxylic acids is 2. The average Bonchev–Trinajstić information content (AvgIpc) is 2.57. The van der Waals surface area contributed by atoms with Crippen molar-refractivity contribution in [1.82, 2.24) is 0 Å². The predicted molar refractivity (Wildman–Crippen MR) is 88.9 cm³/mol. The molecule has 2 N–H and O–H groups in total. The van der Waals surface area contributed by atoms with E-state index in [4.69, 9.17) is 14.2 Å². The molecular formula is C17H28O9. The van der Waals surface area contributed by atoms with E-state index in [0.29, 0.717) is 0 Å². The molecule has 9 heteroatoms. The van der Waals surface area contributed by atoms with Crippen LogP contribution in [-0.2, 0) is 33.4 Å². The second-order valence-corrected chi connectivity index (χ2v) is 5.74. The zero-order valence-electron chi connectivity index (χ0n) is 15.9. The fraction of sp³-hybridized carbons (Fsp3) is 0.765. The van der Waals surface area contributed by atoms with E-state index in [0.717, 1.165) is 0 Å². The minimum absolute atomic E-state index is 0.0120. The standard InChI is InChI=1S/C17H28O9/c1-6-16(7-2,11(18)19)13(22)25-15(24-10-5)26-14(23)17(8-3,9-4)12(20)21/h15H,6-10H2,1-5H3,(H,18,19)(H,20,21). The number of carbonyl (C=O) groups is 4. The molecule has 0 saturated carbocycles. The minimum Gasteiger partial charge on any atom is -0.480 e. The van der Waals surface area contributed by atoms with Crippen LogP contribution in [0.2, 0.25) is 0 Å². The van der Waals surface area contributed by atoms with Gasteiger partial charge >= 0.3 is 30.4 Å². The molecule has 0 saturated heterocycles. The number of carboxylic acid groups (broad SMARTS) is 2. The number of carbonyl (C=O) groups excluding carboxylic acids is 2. The first-order valence-electron chi connectivity index (χ1n) is 8.62. The highest BCUT2D eigenvalue weighted by Crippen LogP contribution is 2.31. The molecule has 0 bridgehead atoms. The monoisotopic (exact) mass is 376 g/mol. The Kier molecular flexibility index (Phi) is 9.26. The van der Waals surface area contributed by atoms with E-state index >= 15 is 0 Å². The van der Waals surface area contributed by atoms with Gasteiger partial charge in [0.15, 0.2) is 10.8 Å². The average molecular weight is 376 g/mol. The molecule has 0 aliphatic rings. The van der Waals surface area contributed by atoms with Crippen molar-refractivity contribution in [2.24, 2.45) is 10.8 Å². The Morgan fingerprint density at radius 2 is 1.04 bits per heavy atom. The summed E-state index contributed by atoms with van der Waals surface area (Å²) in [6.07, 6.45) is -0.137. The van der Waals surface area contributed by atoms with Crippen LogP contribution in [0.4, 0.5) is 0 Å². The van der Waals surface area contributed by atoms with Crippen LogP contribution >= 0.6 is 0 Å². The van der Waals surface area contributed by atoms with Crippen LogP contribution in [-0.4, -0.2) is 47.2 Å². The normalized spacial score (nSPS) is 11.9. The molecule has 0 aliphatic carbocycles. The number of esters is 2. The quantitative estimate of drug-likeness (QED) is 0.298. The maximum atomic E-state index is 12.4. The molecule has 0 fully saturated rings. The molecule has 0 aromatic rings. The third-order valence-electron chi connectivity index (χ3n) is 4.72. The third kappa shape index (κ3) is 4.72. The van der Waals surface area contributed by atoms with E-state index in [2.05, 4.69) is 0 Å². The van der Waals surface area contributed by atoms with Crippen molar-refractivity contribution in [1.29, 1.82) is 0 Å². The fourth-order valence-corrected chi connectivity index (χ4v) is 2.49. The molecule has 0 amide bonds. The van der Waals surface area contributed by atoms with Crippen LogP contribution in [0.5, 0.6) is 0 Å². The lowest BCUT2D eigenvalue weighted by Crippen LogP contribution is -2.45. The smallest absolute Gasteiger partial charge is 0.365 e. The lowest BCUT2D eigenvalue weighted by molar-refractivity contribution is -0.273. The molecule has 0 aliphatic heterocycles. The number of carboxylic acids is 2. The van der Waals surface area contributed by atoms with Gasteiger partial charge in [0, 0.05) is 0 Å². The molecule has 150 valence electrons. The number of hydrogen-bond acceptors (Lipinski definition) is 7. The van der Waals surface area contributed by atoms with Crippen LogP contribution in [0.1, 0.15) is 60.3 Å². The molecule has 26 heavy (non-hydrogen) atoms. The summed E-state index contributed by atoms with van der Waals surface area (Å²) in [7, 11) is 0. The topological polar surface area (TPSA) is 136 Å². The van der Waals surface area contributed by atoms with Crippen molar-refractivity contribution in [3.8, 4) is 0 Å². The van der Waals surface area contributed by atoms with Crippen LogP contribution < -0.4 is 0 Å². The van der Waals surface area contributed by atoms with Gasteiger partial charge in [0.25, 0.3) is 0 Å². The van der Waals surface area contributed by atoms with Crippen molar-refractivity contribution in [2.45, 2.75) is 66.8 Å². The number of ether oxygens (including phenoxy) is 3. The summed E-state index contributed by atoms with van der Waals surface area (Å²) in [6, 6.07) is 0. The van der Waals surface area contributed by atoms with Gasteiger partial charge in [-0.3, -0.25) is 19.2 Å². The largest absolute Gasteiger partial charge is 0.480 e. The van der Waals surface area contributed by atoms with Crippen molar-refractivity contribution in [3.63, 3.8) is 0 Å². The summed E-state index contributed by atoms with van der Waals surface area (Å²) in [6.45, 7) is 5.78. The summed E-state index contributed by atoms with van der Waals surface area (Å²) in [5.41, 5.74) is -3.61. The van der Waals surface area contributed by atoms with Crippen molar-refractivity contribution in [3.05, 3.63) is 0 Å². The lowest BCUT2D eigenvalue weighted by Gasteiger charge is -2.29. The van der Waals surface area contributed by atoms with Gasteiger partial charge in [0.05, 0.1) is 6.61 Å². The minimum atomic E-state index is -1.83. The zero-order valence-corrected chi connectivity index (χ0v) is 15.9. The van der Waals surface area contributed by atoms with Crippen LogP contribution in [0.25, 0.3) is 0 Å². The molecule has 0 rings (SSSR count). The Morgan fingerprint density at radius 3 is 1.23 bits per heavy atom. The molecule has 0 heterocycles. The Morgan fingerprint density at radius 1 is 0.731 bits per heavy atom. The molecule has 0 aromatic heterocycles. The highest BCUT2D eigenvalue weighted by Gasteiger charge is 2.48. The first-order chi connectivity index (χ1) is 12.1. The predicted octanol–water partition coefficient (Wildman–Crippen LogP) is 2.17. The summed E-state index contributed by atoms with van der Waals surface area (Å²) in [5, 5.41) is 18.7. The van der Waals surface area contributed by atoms with E-state index in [1.807, 2.05) is 0 Å². The van der Waals surface area contributed by atoms with E-state index in [1.165, 1.54) is 27.7 Å². The molecule has 0 unspecified atom stereocenters. The lowest BCUT2D eigenvalue weighted by atomic mass is 9.82. The van der Waals surface area contributed by atoms with Crippen LogP contribution in [0, 0.1) is 10.8 Å². The van der Waals surface area contributed by atoms with E-state index < -0.39 is 41.2 Å². The van der Waals surface area contributed by atoms with Gasteiger partial charge < -0.3 is 24.4 Å². The molecule has 9 nitrogen and oxygen atoms in total. The van der Waals surface area contributed by atoms with Gasteiger partial charge in [0.1, 0.15) is 0 Å². The zero-order chi connectivity index (χ0) is 20.5. The molecule has 0 spiro atoms. The fourth-order valence-electron chi connectivity index (χ4n) is 2.49. The first-order valence-corrected chi connectivity index (χ1v) is 8.62. The van der Waals surface area contributed by atoms with Gasteiger partial charge in [-0.15, -0.1) is 0 Å². The Balaban J connectivity index is 5.50. The molecular weight excluding hydrogens is 348 g/mol. The van der Waals surface area contributed by atoms with Gasteiger partial charge in [-0.25, -0.2) is 0 Å². The van der Waals surface area contributed by atoms with Crippen molar-refractivity contribution in [2.75, 3.05) is 6.61 Å². The summed E-state index contributed by atoms with van der Waals surface area (Å²) in [5.74, 6) is -4.96. The van der Waals surface area contributed by atoms with E-state index in [1.54, 1.807) is 6.92 Å². The van der Waals surface area contributed by atoms with Crippen molar-refractivity contribution < 1.29 is 43.6 Å². The number of hydrogen-bond donors (Lipinski definition) is 2. The molecule has 0 radical (unpaired) electrons. The summed E-state index contributed by atoms with van der Waals surface area (Å²) in [4.78, 5) is 47.7. The third-order valence-corrected chi connectivity index (χ3v) is 4.72. The van der Waals surface area contributed by atoms with Gasteiger partial charge in [-0.2, -0.15) is 0 Å². The van der Waals surface area contributed by atoms with Gasteiger partial charge in [-0.05, 0) is 32.6 Å². The summed E-state index contributed by atoms with van der Waals surface area (Å²) < 4.78 is 15.0. The van der Waals surface area contributed by atoms with Gasteiger partial charge in [-0.1, -0.05) is 27.7 Å². The highest BCUT2D eigenvalue weighted by atomic mass is 16.9. The van der Waals surface area contributed by atoms with Crippen LogP contribution in [0.3, 0.4) is 0 Å². The Bertz CT molecular complexity index is 474. The van der Waals surface area contributed by atoms with E-state index in [-0.39, 0.29) is 32.3 Å². The van der Waals surface area contributed by atoms with Crippen molar-refractivity contribution >= 4 is 23.9 Å². The van der Waals surface area contributed by atoms with Crippen LogP contribution in [0.15, 0.2) is 0 Å². The maximum absolute atomic E-state index is 12.4.